The number of hydrogen-bond donors (Lipinski definition) is 1. The van der Waals surface area contributed by atoms with Crippen molar-refractivity contribution in [1.29, 1.82) is 0 Å². The number of hydrogen-bond acceptors (Lipinski definition) is 4. The fourth-order valence-corrected chi connectivity index (χ4v) is 1.69. The van der Waals surface area contributed by atoms with Crippen molar-refractivity contribution < 1.29 is 4.74 Å². The maximum absolute atomic E-state index is 6.16. The second kappa shape index (κ2) is 5.50. The van der Waals surface area contributed by atoms with Crippen molar-refractivity contribution in [3.8, 4) is 5.69 Å². The van der Waals surface area contributed by atoms with E-state index in [2.05, 4.69) is 10.3 Å². The van der Waals surface area contributed by atoms with Crippen molar-refractivity contribution in [1.82, 2.24) is 15.0 Å². The molecule has 2 rings (SSSR count). The van der Waals surface area contributed by atoms with Crippen molar-refractivity contribution in [2.75, 3.05) is 6.61 Å². The van der Waals surface area contributed by atoms with Crippen LogP contribution in [0.4, 0.5) is 0 Å². The van der Waals surface area contributed by atoms with Crippen molar-refractivity contribution in [2.45, 2.75) is 32.4 Å². The smallest absolute Gasteiger partial charge is 0.0836 e. The molecule has 0 saturated heterocycles. The number of rotatable bonds is 4. The van der Waals surface area contributed by atoms with Crippen molar-refractivity contribution >= 4 is 0 Å². The predicted molar refractivity (Wildman–Crippen MR) is 74.0 cm³/mol. The van der Waals surface area contributed by atoms with Gasteiger partial charge in [0.2, 0.25) is 0 Å². The molecule has 0 radical (unpaired) electrons. The van der Waals surface area contributed by atoms with Gasteiger partial charge in [-0.1, -0.05) is 23.4 Å². The van der Waals surface area contributed by atoms with Gasteiger partial charge in [-0.25, -0.2) is 4.68 Å². The summed E-state index contributed by atoms with van der Waals surface area (Å²) in [6.45, 7) is 6.45. The van der Waals surface area contributed by atoms with Crippen LogP contribution >= 0.6 is 0 Å². The molecule has 1 atom stereocenters. The molecular weight excluding hydrogens is 240 g/mol. The van der Waals surface area contributed by atoms with E-state index in [1.807, 2.05) is 51.1 Å². The second-order valence-corrected chi connectivity index (χ2v) is 5.44. The molecule has 1 heterocycles. The minimum atomic E-state index is -0.255. The molecular formula is C14H20N4O. The van der Waals surface area contributed by atoms with Crippen LogP contribution in [0, 0.1) is 0 Å². The Morgan fingerprint density at radius 2 is 1.95 bits per heavy atom. The summed E-state index contributed by atoms with van der Waals surface area (Å²) in [6.07, 6.45) is 1.68. The Balaban J connectivity index is 2.16. The maximum Gasteiger partial charge on any atom is 0.0836 e. The van der Waals surface area contributed by atoms with Gasteiger partial charge in [-0.2, -0.15) is 0 Å². The maximum atomic E-state index is 6.16. The zero-order valence-corrected chi connectivity index (χ0v) is 11.6. The lowest BCUT2D eigenvalue weighted by Crippen LogP contribution is -2.27. The molecule has 0 aliphatic rings. The highest BCUT2D eigenvalue weighted by atomic mass is 16.5. The Hall–Kier alpha value is -1.72. The summed E-state index contributed by atoms with van der Waals surface area (Å²) in [6, 6.07) is 9.55. The Bertz CT molecular complexity index is 516. The van der Waals surface area contributed by atoms with Gasteiger partial charge in [-0.15, -0.1) is 5.10 Å². The Labute approximate surface area is 113 Å². The van der Waals surface area contributed by atoms with Gasteiger partial charge in [0, 0.05) is 0 Å². The topological polar surface area (TPSA) is 66.0 Å². The molecule has 19 heavy (non-hydrogen) atoms. The standard InChI is InChI=1S/C14H20N4O/c1-14(2,3)19-10-12(15)13-9-16-17-18(13)11-7-5-4-6-8-11/h4-9,12H,10,15H2,1-3H3. The summed E-state index contributed by atoms with van der Waals surface area (Å²) < 4.78 is 7.46. The summed E-state index contributed by atoms with van der Waals surface area (Å²) >= 11 is 0. The quantitative estimate of drug-likeness (QED) is 0.914. The minimum Gasteiger partial charge on any atom is -0.374 e. The molecule has 0 aliphatic heterocycles. The van der Waals surface area contributed by atoms with E-state index in [0.717, 1.165) is 11.4 Å². The zero-order valence-electron chi connectivity index (χ0n) is 11.6. The third-order valence-electron chi connectivity index (χ3n) is 2.65. The molecule has 5 heteroatoms. The number of benzene rings is 1. The summed E-state index contributed by atoms with van der Waals surface area (Å²) in [5.41, 5.74) is 7.74. The van der Waals surface area contributed by atoms with Gasteiger partial charge in [0.15, 0.2) is 0 Å². The number of aromatic nitrogens is 3. The average molecular weight is 260 g/mol. The van der Waals surface area contributed by atoms with Crippen molar-refractivity contribution in [3.63, 3.8) is 0 Å². The SMILES string of the molecule is CC(C)(C)OCC(N)c1cnnn1-c1ccccc1. The third kappa shape index (κ3) is 3.62. The summed E-state index contributed by atoms with van der Waals surface area (Å²) in [5.74, 6) is 0. The number of nitrogens with two attached hydrogens (primary N) is 1. The zero-order chi connectivity index (χ0) is 13.9. The summed E-state index contributed by atoms with van der Waals surface area (Å²) in [5, 5.41) is 8.02. The Kier molecular flexibility index (Phi) is 3.97. The van der Waals surface area contributed by atoms with Crippen LogP contribution < -0.4 is 5.73 Å². The highest BCUT2D eigenvalue weighted by Gasteiger charge is 2.18. The van der Waals surface area contributed by atoms with E-state index < -0.39 is 0 Å². The molecule has 0 fully saturated rings. The van der Waals surface area contributed by atoms with E-state index in [0.29, 0.717) is 6.61 Å². The van der Waals surface area contributed by atoms with Gasteiger partial charge in [0.1, 0.15) is 0 Å². The van der Waals surface area contributed by atoms with E-state index in [9.17, 15) is 0 Å². The number of para-hydroxylation sites is 1. The molecule has 1 aromatic heterocycles. The number of nitrogens with zero attached hydrogens (tertiary/aromatic N) is 3. The van der Waals surface area contributed by atoms with Gasteiger partial charge in [0.25, 0.3) is 0 Å². The van der Waals surface area contributed by atoms with Gasteiger partial charge in [0.05, 0.1) is 35.8 Å². The van der Waals surface area contributed by atoms with Gasteiger partial charge in [-0.05, 0) is 32.9 Å². The molecule has 2 aromatic rings. The fourth-order valence-electron chi connectivity index (χ4n) is 1.69. The van der Waals surface area contributed by atoms with E-state index in [4.69, 9.17) is 10.5 Å². The fraction of sp³-hybridized carbons (Fsp3) is 0.429. The molecule has 5 nitrogen and oxygen atoms in total. The van der Waals surface area contributed by atoms with Gasteiger partial charge < -0.3 is 10.5 Å². The van der Waals surface area contributed by atoms with Crippen LogP contribution in [0.2, 0.25) is 0 Å². The van der Waals surface area contributed by atoms with Crippen LogP contribution in [0.15, 0.2) is 36.5 Å². The first-order valence-corrected chi connectivity index (χ1v) is 6.33. The Morgan fingerprint density at radius 1 is 1.26 bits per heavy atom. The van der Waals surface area contributed by atoms with Gasteiger partial charge in [-0.3, -0.25) is 0 Å². The van der Waals surface area contributed by atoms with Crippen LogP contribution in [-0.4, -0.2) is 27.2 Å². The molecule has 2 N–H and O–H groups in total. The lowest BCUT2D eigenvalue weighted by atomic mass is 10.2. The van der Waals surface area contributed by atoms with Crippen LogP contribution in [0.25, 0.3) is 5.69 Å². The highest BCUT2D eigenvalue weighted by Crippen LogP contribution is 2.17. The summed E-state index contributed by atoms with van der Waals surface area (Å²) in [7, 11) is 0. The molecule has 0 bridgehead atoms. The molecule has 0 saturated carbocycles. The number of ether oxygens (including phenoxy) is 1. The first kappa shape index (κ1) is 13.7. The minimum absolute atomic E-state index is 0.206. The highest BCUT2D eigenvalue weighted by molar-refractivity contribution is 5.32. The molecule has 0 aliphatic carbocycles. The second-order valence-electron chi connectivity index (χ2n) is 5.44. The molecule has 1 aromatic carbocycles. The average Bonchev–Trinajstić information content (AvgIpc) is 2.85. The largest absolute Gasteiger partial charge is 0.374 e. The van der Waals surface area contributed by atoms with E-state index >= 15 is 0 Å². The first-order chi connectivity index (χ1) is 8.97. The normalized spacial score (nSPS) is 13.5. The lowest BCUT2D eigenvalue weighted by molar-refractivity contribution is -0.0109. The van der Waals surface area contributed by atoms with Crippen LogP contribution in [0.1, 0.15) is 32.5 Å². The van der Waals surface area contributed by atoms with Gasteiger partial charge >= 0.3 is 0 Å². The van der Waals surface area contributed by atoms with E-state index in [1.54, 1.807) is 10.9 Å². The Morgan fingerprint density at radius 3 is 2.58 bits per heavy atom. The van der Waals surface area contributed by atoms with Crippen LogP contribution in [0.3, 0.4) is 0 Å². The molecule has 0 amide bonds. The monoisotopic (exact) mass is 260 g/mol. The molecule has 1 unspecified atom stereocenters. The summed E-state index contributed by atoms with van der Waals surface area (Å²) in [4.78, 5) is 0. The van der Waals surface area contributed by atoms with Crippen LogP contribution in [-0.2, 0) is 4.74 Å². The lowest BCUT2D eigenvalue weighted by Gasteiger charge is -2.22. The van der Waals surface area contributed by atoms with Crippen LogP contribution in [0.5, 0.6) is 0 Å². The predicted octanol–water partition coefficient (Wildman–Crippen LogP) is 2.08. The third-order valence-corrected chi connectivity index (χ3v) is 2.65. The first-order valence-electron chi connectivity index (χ1n) is 6.33. The molecule has 0 spiro atoms. The molecule has 102 valence electrons. The van der Waals surface area contributed by atoms with Crippen molar-refractivity contribution in [3.05, 3.63) is 42.2 Å². The van der Waals surface area contributed by atoms with E-state index in [-0.39, 0.29) is 11.6 Å². The van der Waals surface area contributed by atoms with Crippen molar-refractivity contribution in [2.24, 2.45) is 5.73 Å². The van der Waals surface area contributed by atoms with E-state index in [1.165, 1.54) is 0 Å².